The Morgan fingerprint density at radius 1 is 1.14 bits per heavy atom. The van der Waals surface area contributed by atoms with Crippen molar-refractivity contribution in [2.45, 2.75) is 46.1 Å². The van der Waals surface area contributed by atoms with Gasteiger partial charge in [-0.05, 0) is 50.5 Å². The predicted octanol–water partition coefficient (Wildman–Crippen LogP) is 5.01. The van der Waals surface area contributed by atoms with Crippen LogP contribution in [-0.2, 0) is 0 Å². The van der Waals surface area contributed by atoms with E-state index >= 15 is 0 Å². The molecule has 1 atom stereocenters. The van der Waals surface area contributed by atoms with E-state index in [0.717, 1.165) is 34.1 Å². The molecule has 0 aliphatic rings. The van der Waals surface area contributed by atoms with Crippen molar-refractivity contribution in [1.29, 1.82) is 0 Å². The van der Waals surface area contributed by atoms with Gasteiger partial charge in [-0.2, -0.15) is 0 Å². The van der Waals surface area contributed by atoms with Crippen LogP contribution in [0.25, 0.3) is 33.7 Å². The number of nitrogens with zero attached hydrogens (tertiary/aromatic N) is 4. The smallest absolute Gasteiger partial charge is 0.315 e. The molecule has 0 aliphatic heterocycles. The lowest BCUT2D eigenvalue weighted by molar-refractivity contribution is 0.574. The van der Waals surface area contributed by atoms with Gasteiger partial charge in [0.25, 0.3) is 0 Å². The summed E-state index contributed by atoms with van der Waals surface area (Å²) in [6.45, 7) is 8.39. The molecule has 0 spiro atoms. The van der Waals surface area contributed by atoms with Crippen LogP contribution in [0.3, 0.4) is 0 Å². The van der Waals surface area contributed by atoms with Gasteiger partial charge in [0.1, 0.15) is 0 Å². The van der Waals surface area contributed by atoms with Crippen molar-refractivity contribution in [1.82, 2.24) is 25.1 Å². The number of aromatic amines is 1. The first kappa shape index (κ1) is 18.2. The van der Waals surface area contributed by atoms with Gasteiger partial charge in [-0.1, -0.05) is 18.9 Å². The van der Waals surface area contributed by atoms with Crippen molar-refractivity contribution in [3.05, 3.63) is 42.4 Å². The molecule has 7 nitrogen and oxygen atoms in total. The van der Waals surface area contributed by atoms with Gasteiger partial charge in [-0.3, -0.25) is 0 Å². The molecule has 4 aromatic rings. The van der Waals surface area contributed by atoms with Crippen molar-refractivity contribution >= 4 is 16.9 Å². The van der Waals surface area contributed by atoms with E-state index in [4.69, 9.17) is 9.40 Å². The molecule has 28 heavy (non-hydrogen) atoms. The van der Waals surface area contributed by atoms with Gasteiger partial charge in [0.2, 0.25) is 5.89 Å². The third-order valence-electron chi connectivity index (χ3n) is 4.80. The number of nitrogens with one attached hydrogen (secondary N) is 2. The van der Waals surface area contributed by atoms with E-state index in [-0.39, 0.29) is 6.04 Å². The Bertz CT molecular complexity index is 1100. The number of H-pyrrole nitrogens is 1. The number of anilines is 1. The predicted molar refractivity (Wildman–Crippen MR) is 110 cm³/mol. The molecule has 0 fully saturated rings. The maximum atomic E-state index is 5.74. The van der Waals surface area contributed by atoms with E-state index in [0.29, 0.717) is 23.6 Å². The Kier molecular flexibility index (Phi) is 4.81. The molecular weight excluding hydrogens is 352 g/mol. The molecular formula is C21H24N6O. The van der Waals surface area contributed by atoms with E-state index in [2.05, 4.69) is 39.3 Å². The summed E-state index contributed by atoms with van der Waals surface area (Å²) in [7, 11) is 0. The average Bonchev–Trinajstić information content (AvgIpc) is 3.33. The molecule has 4 rings (SSSR count). The Morgan fingerprint density at radius 3 is 2.79 bits per heavy atom. The standard InChI is InChI=1S/C21H24N6O/c1-5-13(4)17-8-9-22-19(25-17)16-11-23-18-7-6-14(10-15(16)18)20-26-27-21(28-20)24-12(2)3/h6-13,23H,5H2,1-4H3,(H,24,27). The average molecular weight is 376 g/mol. The summed E-state index contributed by atoms with van der Waals surface area (Å²) in [4.78, 5) is 12.6. The summed E-state index contributed by atoms with van der Waals surface area (Å²) in [6.07, 6.45) is 4.82. The summed E-state index contributed by atoms with van der Waals surface area (Å²) in [5, 5.41) is 12.4. The fourth-order valence-corrected chi connectivity index (χ4v) is 3.07. The first-order valence-corrected chi connectivity index (χ1v) is 9.60. The van der Waals surface area contributed by atoms with Gasteiger partial charge >= 0.3 is 6.01 Å². The SMILES string of the molecule is CCC(C)c1ccnc(-c2c[nH]c3ccc(-c4nnc(NC(C)C)o4)cc23)n1. The summed E-state index contributed by atoms with van der Waals surface area (Å²) >= 11 is 0. The lowest BCUT2D eigenvalue weighted by Crippen LogP contribution is -2.09. The molecule has 0 amide bonds. The summed E-state index contributed by atoms with van der Waals surface area (Å²) in [6, 6.07) is 8.64. The molecule has 0 radical (unpaired) electrons. The van der Waals surface area contributed by atoms with Gasteiger partial charge in [-0.15, -0.1) is 5.10 Å². The van der Waals surface area contributed by atoms with Gasteiger partial charge in [0.15, 0.2) is 5.82 Å². The van der Waals surface area contributed by atoms with Crippen LogP contribution in [-0.4, -0.2) is 31.2 Å². The maximum absolute atomic E-state index is 5.74. The number of hydrogen-bond donors (Lipinski definition) is 2. The van der Waals surface area contributed by atoms with Crippen LogP contribution in [0.1, 0.15) is 45.7 Å². The van der Waals surface area contributed by atoms with E-state index in [1.165, 1.54) is 0 Å². The van der Waals surface area contributed by atoms with Crippen LogP contribution in [0, 0.1) is 0 Å². The monoisotopic (exact) mass is 376 g/mol. The van der Waals surface area contributed by atoms with Gasteiger partial charge in [0, 0.05) is 46.2 Å². The minimum Gasteiger partial charge on any atom is -0.403 e. The molecule has 1 unspecified atom stereocenters. The van der Waals surface area contributed by atoms with Crippen LogP contribution in [0.15, 0.2) is 41.1 Å². The van der Waals surface area contributed by atoms with E-state index in [1.54, 1.807) is 0 Å². The highest BCUT2D eigenvalue weighted by Gasteiger charge is 2.15. The second kappa shape index (κ2) is 7.42. The first-order chi connectivity index (χ1) is 13.5. The second-order valence-electron chi connectivity index (χ2n) is 7.29. The molecule has 144 valence electrons. The molecule has 0 aliphatic carbocycles. The lowest BCUT2D eigenvalue weighted by Gasteiger charge is -2.08. The van der Waals surface area contributed by atoms with Crippen LogP contribution in [0.5, 0.6) is 0 Å². The van der Waals surface area contributed by atoms with Gasteiger partial charge in [-0.25, -0.2) is 9.97 Å². The first-order valence-electron chi connectivity index (χ1n) is 9.60. The zero-order chi connectivity index (χ0) is 19.7. The Hall–Kier alpha value is -3.22. The van der Waals surface area contributed by atoms with Crippen LogP contribution in [0.2, 0.25) is 0 Å². The van der Waals surface area contributed by atoms with Crippen molar-refractivity contribution in [3.8, 4) is 22.8 Å². The van der Waals surface area contributed by atoms with Crippen molar-refractivity contribution in [2.24, 2.45) is 0 Å². The van der Waals surface area contributed by atoms with Crippen LogP contribution in [0.4, 0.5) is 6.01 Å². The molecule has 3 heterocycles. The van der Waals surface area contributed by atoms with Gasteiger partial charge < -0.3 is 14.7 Å². The minimum absolute atomic E-state index is 0.224. The molecule has 2 N–H and O–H groups in total. The number of benzene rings is 1. The lowest BCUT2D eigenvalue weighted by atomic mass is 10.0. The number of aromatic nitrogens is 5. The highest BCUT2D eigenvalue weighted by Crippen LogP contribution is 2.31. The Balaban J connectivity index is 1.74. The highest BCUT2D eigenvalue weighted by atomic mass is 16.4. The zero-order valence-corrected chi connectivity index (χ0v) is 16.5. The fourth-order valence-electron chi connectivity index (χ4n) is 3.07. The molecule has 0 bridgehead atoms. The van der Waals surface area contributed by atoms with Crippen molar-refractivity contribution in [2.75, 3.05) is 5.32 Å². The fraction of sp³-hybridized carbons (Fsp3) is 0.333. The number of fused-ring (bicyclic) bond motifs is 1. The normalized spacial score (nSPS) is 12.6. The quantitative estimate of drug-likeness (QED) is 0.491. The van der Waals surface area contributed by atoms with E-state index in [1.807, 2.05) is 50.5 Å². The number of rotatable bonds is 6. The molecule has 7 heteroatoms. The van der Waals surface area contributed by atoms with Crippen molar-refractivity contribution in [3.63, 3.8) is 0 Å². The topological polar surface area (TPSA) is 92.5 Å². The zero-order valence-electron chi connectivity index (χ0n) is 16.5. The van der Waals surface area contributed by atoms with E-state index in [9.17, 15) is 0 Å². The summed E-state index contributed by atoms with van der Waals surface area (Å²) < 4.78 is 5.74. The minimum atomic E-state index is 0.224. The number of hydrogen-bond acceptors (Lipinski definition) is 6. The third-order valence-corrected chi connectivity index (χ3v) is 4.80. The summed E-state index contributed by atoms with van der Waals surface area (Å²) in [5.41, 5.74) is 3.88. The largest absolute Gasteiger partial charge is 0.403 e. The molecule has 0 saturated carbocycles. The van der Waals surface area contributed by atoms with Crippen LogP contribution >= 0.6 is 0 Å². The molecule has 3 aromatic heterocycles. The van der Waals surface area contributed by atoms with Gasteiger partial charge in [0.05, 0.1) is 0 Å². The third kappa shape index (κ3) is 3.47. The Labute approximate surface area is 163 Å². The highest BCUT2D eigenvalue weighted by molar-refractivity contribution is 5.96. The summed E-state index contributed by atoms with van der Waals surface area (Å²) in [5.74, 6) is 1.59. The second-order valence-corrected chi connectivity index (χ2v) is 7.29. The molecule has 0 saturated heterocycles. The van der Waals surface area contributed by atoms with Crippen LogP contribution < -0.4 is 5.32 Å². The molecule has 1 aromatic carbocycles. The van der Waals surface area contributed by atoms with Crippen molar-refractivity contribution < 1.29 is 4.42 Å². The Morgan fingerprint density at radius 2 is 2.00 bits per heavy atom. The maximum Gasteiger partial charge on any atom is 0.315 e. The van der Waals surface area contributed by atoms with E-state index < -0.39 is 0 Å².